The van der Waals surface area contributed by atoms with Crippen LogP contribution in [0.4, 0.5) is 0 Å². The smallest absolute Gasteiger partial charge is 0.254 e. The number of nitrogens with zero attached hydrogens (tertiary/aromatic N) is 3. The number of rotatable bonds is 7. The van der Waals surface area contributed by atoms with Gasteiger partial charge in [-0.1, -0.05) is 24.3 Å². The Balaban J connectivity index is 1.50. The highest BCUT2D eigenvalue weighted by atomic mass is 16.5. The van der Waals surface area contributed by atoms with Gasteiger partial charge in [0.05, 0.1) is 24.8 Å². The summed E-state index contributed by atoms with van der Waals surface area (Å²) < 4.78 is 11.1. The number of hydrogen-bond donors (Lipinski definition) is 1. The lowest BCUT2D eigenvalue weighted by molar-refractivity contribution is -0.129. The minimum atomic E-state index is -1.34. The van der Waals surface area contributed by atoms with Crippen LogP contribution < -0.4 is 15.2 Å². The van der Waals surface area contributed by atoms with Gasteiger partial charge >= 0.3 is 0 Å². The summed E-state index contributed by atoms with van der Waals surface area (Å²) in [6, 6.07) is 24.2. The molecule has 3 aromatic rings. The van der Waals surface area contributed by atoms with Crippen LogP contribution in [0.2, 0.25) is 0 Å². The van der Waals surface area contributed by atoms with Crippen molar-refractivity contribution in [3.63, 3.8) is 0 Å². The minimum absolute atomic E-state index is 0.136. The van der Waals surface area contributed by atoms with Gasteiger partial charge < -0.3 is 20.1 Å². The Kier molecular flexibility index (Phi) is 6.89. The van der Waals surface area contributed by atoms with Crippen molar-refractivity contribution in [3.05, 3.63) is 83.9 Å². The van der Waals surface area contributed by atoms with Crippen molar-refractivity contribution in [2.24, 2.45) is 11.1 Å². The average molecular weight is 481 g/mol. The molecule has 2 amide bonds. The molecule has 180 valence electrons. The monoisotopic (exact) mass is 480 g/mol. The zero-order valence-electron chi connectivity index (χ0n) is 19.7. The van der Waals surface area contributed by atoms with Crippen LogP contribution in [-0.2, 0) is 4.79 Å². The third kappa shape index (κ3) is 4.57. The first-order chi connectivity index (χ1) is 17.4. The Morgan fingerprint density at radius 2 is 1.56 bits per heavy atom. The highest BCUT2D eigenvalue weighted by Crippen LogP contribution is 2.38. The lowest BCUT2D eigenvalue weighted by Gasteiger charge is -2.31. The number of carbonyl (C=O) groups is 2. The summed E-state index contributed by atoms with van der Waals surface area (Å²) in [6.45, 7) is 0.0657. The van der Waals surface area contributed by atoms with Crippen LogP contribution in [-0.4, -0.2) is 43.0 Å². The summed E-state index contributed by atoms with van der Waals surface area (Å²) in [5.74, 6) is 0.0620. The number of ether oxygens (including phenoxy) is 2. The van der Waals surface area contributed by atoms with Gasteiger partial charge in [0, 0.05) is 12.1 Å². The van der Waals surface area contributed by atoms with E-state index in [1.807, 2.05) is 24.3 Å². The highest BCUT2D eigenvalue weighted by Gasteiger charge is 2.54. The second-order valence-corrected chi connectivity index (χ2v) is 8.53. The first kappa shape index (κ1) is 24.3. The number of primary amides is 1. The van der Waals surface area contributed by atoms with Crippen LogP contribution in [0.3, 0.4) is 0 Å². The van der Waals surface area contributed by atoms with E-state index in [1.54, 1.807) is 48.5 Å². The van der Waals surface area contributed by atoms with Gasteiger partial charge in [-0.25, -0.2) is 0 Å². The Morgan fingerprint density at radius 1 is 0.972 bits per heavy atom. The molecule has 0 aliphatic carbocycles. The number of likely N-dealkylation sites (tertiary alicyclic amines) is 1. The van der Waals surface area contributed by atoms with Crippen LogP contribution in [0.5, 0.6) is 11.5 Å². The van der Waals surface area contributed by atoms with Gasteiger partial charge in [-0.3, -0.25) is 9.59 Å². The van der Waals surface area contributed by atoms with Crippen molar-refractivity contribution >= 4 is 11.8 Å². The third-order valence-electron chi connectivity index (χ3n) is 6.54. The number of nitrogens with two attached hydrogens (primary N) is 1. The summed E-state index contributed by atoms with van der Waals surface area (Å²) in [6.07, 6.45) is 0.214. The lowest BCUT2D eigenvalue weighted by atomic mass is 9.80. The molecule has 2 unspecified atom stereocenters. The number of carbonyl (C=O) groups excluding carboxylic acids is 2. The standard InChI is InChI=1S/C28H24N4O4/c1-35-23-10-8-22(9-11-23)26(33)32-15-14-28(27(31)34,25(32)17-30)18-36-24-12-6-21(7-13-24)20-4-2-19(16-29)3-5-20/h2-13,25H,14-15,18H2,1H3,(H2,31,34). The average Bonchev–Trinajstić information content (AvgIpc) is 3.31. The number of benzene rings is 3. The number of amides is 2. The van der Waals surface area contributed by atoms with Gasteiger partial charge in [-0.2, -0.15) is 10.5 Å². The zero-order chi connectivity index (χ0) is 25.7. The molecular formula is C28H24N4O4. The molecule has 3 aromatic carbocycles. The van der Waals surface area contributed by atoms with Gasteiger partial charge in [0.1, 0.15) is 29.6 Å². The SMILES string of the molecule is COc1ccc(C(=O)N2CCC(COc3ccc(-c4ccc(C#N)cc4)cc3)(C(N)=O)C2C#N)cc1. The van der Waals surface area contributed by atoms with Crippen LogP contribution >= 0.6 is 0 Å². The van der Waals surface area contributed by atoms with Crippen LogP contribution in [0.25, 0.3) is 11.1 Å². The lowest BCUT2D eigenvalue weighted by Crippen LogP contribution is -2.51. The van der Waals surface area contributed by atoms with Crippen molar-refractivity contribution in [2.45, 2.75) is 12.5 Å². The summed E-state index contributed by atoms with van der Waals surface area (Å²) in [5, 5.41) is 18.9. The number of nitriles is 2. The molecule has 2 atom stereocenters. The molecule has 0 radical (unpaired) electrons. The van der Waals surface area contributed by atoms with Crippen molar-refractivity contribution in [3.8, 4) is 34.8 Å². The summed E-state index contributed by atoms with van der Waals surface area (Å²) in [7, 11) is 1.53. The van der Waals surface area contributed by atoms with E-state index in [0.29, 0.717) is 22.6 Å². The van der Waals surface area contributed by atoms with E-state index in [1.165, 1.54) is 12.0 Å². The van der Waals surface area contributed by atoms with Gasteiger partial charge in [0.25, 0.3) is 5.91 Å². The number of hydrogen-bond acceptors (Lipinski definition) is 6. The molecule has 8 heteroatoms. The molecule has 1 aliphatic heterocycles. The van der Waals surface area contributed by atoms with Gasteiger partial charge in [0.2, 0.25) is 5.91 Å². The normalized spacial score (nSPS) is 18.6. The summed E-state index contributed by atoms with van der Waals surface area (Å²) >= 11 is 0. The van der Waals surface area contributed by atoms with Crippen molar-refractivity contribution in [2.75, 3.05) is 20.3 Å². The van der Waals surface area contributed by atoms with Gasteiger partial charge in [-0.15, -0.1) is 0 Å². The zero-order valence-corrected chi connectivity index (χ0v) is 19.7. The second-order valence-electron chi connectivity index (χ2n) is 8.53. The van der Waals surface area contributed by atoms with E-state index in [2.05, 4.69) is 12.1 Å². The van der Waals surface area contributed by atoms with E-state index >= 15 is 0 Å². The molecule has 8 nitrogen and oxygen atoms in total. The largest absolute Gasteiger partial charge is 0.497 e. The van der Waals surface area contributed by atoms with Crippen molar-refractivity contribution in [1.29, 1.82) is 10.5 Å². The predicted octanol–water partition coefficient (Wildman–Crippen LogP) is 3.52. The molecule has 4 rings (SSSR count). The molecule has 36 heavy (non-hydrogen) atoms. The highest BCUT2D eigenvalue weighted by molar-refractivity contribution is 5.96. The van der Waals surface area contributed by atoms with Gasteiger partial charge in [-0.05, 0) is 66.1 Å². The molecular weight excluding hydrogens is 456 g/mol. The van der Waals surface area contributed by atoms with Gasteiger partial charge in [0.15, 0.2) is 0 Å². The fourth-order valence-electron chi connectivity index (χ4n) is 4.37. The topological polar surface area (TPSA) is 129 Å². The van der Waals surface area contributed by atoms with Crippen molar-refractivity contribution < 1.29 is 19.1 Å². The minimum Gasteiger partial charge on any atom is -0.497 e. The summed E-state index contributed by atoms with van der Waals surface area (Å²) in [4.78, 5) is 27.1. The molecule has 1 aliphatic rings. The van der Waals surface area contributed by atoms with Crippen molar-refractivity contribution in [1.82, 2.24) is 4.90 Å². The Bertz CT molecular complexity index is 1340. The van der Waals surface area contributed by atoms with E-state index in [-0.39, 0.29) is 25.5 Å². The predicted molar refractivity (Wildman–Crippen MR) is 132 cm³/mol. The Hall–Kier alpha value is -4.82. The quantitative estimate of drug-likeness (QED) is 0.551. The van der Waals surface area contributed by atoms with E-state index < -0.39 is 17.4 Å². The maximum absolute atomic E-state index is 13.1. The summed E-state index contributed by atoms with van der Waals surface area (Å²) in [5.41, 5.74) is 7.28. The maximum Gasteiger partial charge on any atom is 0.254 e. The number of methoxy groups -OCH3 is 1. The molecule has 1 heterocycles. The van der Waals surface area contributed by atoms with Crippen LogP contribution in [0.1, 0.15) is 22.3 Å². The molecule has 1 fully saturated rings. The first-order valence-electron chi connectivity index (χ1n) is 11.3. The Labute approximate surface area is 209 Å². The fourth-order valence-corrected chi connectivity index (χ4v) is 4.37. The molecule has 1 saturated heterocycles. The fraction of sp³-hybridized carbons (Fsp3) is 0.214. The molecule has 2 N–H and O–H groups in total. The molecule has 0 bridgehead atoms. The first-order valence-corrected chi connectivity index (χ1v) is 11.3. The second kappa shape index (κ2) is 10.2. The molecule has 0 saturated carbocycles. The Morgan fingerprint density at radius 3 is 2.08 bits per heavy atom. The van der Waals surface area contributed by atoms with E-state index in [0.717, 1.165) is 11.1 Å². The third-order valence-corrected chi connectivity index (χ3v) is 6.54. The molecule has 0 spiro atoms. The van der Waals surface area contributed by atoms with E-state index in [4.69, 9.17) is 20.5 Å². The van der Waals surface area contributed by atoms with Crippen LogP contribution in [0.15, 0.2) is 72.8 Å². The van der Waals surface area contributed by atoms with E-state index in [9.17, 15) is 14.9 Å². The maximum atomic E-state index is 13.1. The van der Waals surface area contributed by atoms with Crippen LogP contribution in [0, 0.1) is 28.1 Å². The molecule has 0 aromatic heterocycles.